The number of ether oxygens (including phenoxy) is 1. The van der Waals surface area contributed by atoms with Gasteiger partial charge < -0.3 is 9.64 Å². The van der Waals surface area contributed by atoms with Crippen LogP contribution < -0.4 is 4.90 Å². The predicted molar refractivity (Wildman–Crippen MR) is 102 cm³/mol. The van der Waals surface area contributed by atoms with Crippen molar-refractivity contribution in [1.82, 2.24) is 25.1 Å². The summed E-state index contributed by atoms with van der Waals surface area (Å²) in [5.41, 5.74) is 2.43. The standard InChI is InChI=1S/C19H30N6O/c1-15-9-11-24(12-10-15)18(16-5-7-17(8-6-16)23(2)3)19-20-21-22-25(19)13-14-26-4/h5-8,15,18H,9-14H2,1-4H3/t18-/m1/s1. The van der Waals surface area contributed by atoms with Gasteiger partial charge in [-0.15, -0.1) is 5.10 Å². The minimum Gasteiger partial charge on any atom is -0.383 e. The fraction of sp³-hybridized carbons (Fsp3) is 0.632. The number of benzene rings is 1. The molecule has 3 rings (SSSR count). The number of tetrazole rings is 1. The molecule has 0 unspecified atom stereocenters. The summed E-state index contributed by atoms with van der Waals surface area (Å²) in [6.07, 6.45) is 2.43. The van der Waals surface area contributed by atoms with E-state index in [1.807, 2.05) is 4.68 Å². The van der Waals surface area contributed by atoms with Gasteiger partial charge in [-0.25, -0.2) is 4.68 Å². The highest BCUT2D eigenvalue weighted by molar-refractivity contribution is 5.47. The zero-order chi connectivity index (χ0) is 18.5. The summed E-state index contributed by atoms with van der Waals surface area (Å²) in [6, 6.07) is 8.81. The molecule has 1 saturated heterocycles. The number of rotatable bonds is 7. The van der Waals surface area contributed by atoms with Crippen LogP contribution >= 0.6 is 0 Å². The van der Waals surface area contributed by atoms with Crippen molar-refractivity contribution < 1.29 is 4.74 Å². The monoisotopic (exact) mass is 358 g/mol. The van der Waals surface area contributed by atoms with Crippen LogP contribution in [0.1, 0.15) is 37.2 Å². The van der Waals surface area contributed by atoms with E-state index < -0.39 is 0 Å². The number of nitrogens with zero attached hydrogens (tertiary/aromatic N) is 6. The number of likely N-dealkylation sites (tertiary alicyclic amines) is 1. The highest BCUT2D eigenvalue weighted by Gasteiger charge is 2.30. The fourth-order valence-electron chi connectivity index (χ4n) is 3.51. The van der Waals surface area contributed by atoms with Crippen LogP contribution in [0, 0.1) is 5.92 Å². The van der Waals surface area contributed by atoms with Crippen LogP contribution in [0.5, 0.6) is 0 Å². The maximum atomic E-state index is 5.22. The predicted octanol–water partition coefficient (Wildman–Crippen LogP) is 2.21. The second-order valence-electron chi connectivity index (χ2n) is 7.36. The van der Waals surface area contributed by atoms with Gasteiger partial charge in [-0.1, -0.05) is 19.1 Å². The van der Waals surface area contributed by atoms with Gasteiger partial charge in [-0.2, -0.15) is 0 Å². The van der Waals surface area contributed by atoms with E-state index in [1.54, 1.807) is 7.11 Å². The average molecular weight is 358 g/mol. The molecule has 1 aromatic carbocycles. The van der Waals surface area contributed by atoms with Crippen molar-refractivity contribution in [3.05, 3.63) is 35.7 Å². The van der Waals surface area contributed by atoms with E-state index in [2.05, 4.69) is 70.6 Å². The number of methoxy groups -OCH3 is 1. The van der Waals surface area contributed by atoms with E-state index in [9.17, 15) is 0 Å². The van der Waals surface area contributed by atoms with Crippen molar-refractivity contribution in [3.8, 4) is 0 Å². The van der Waals surface area contributed by atoms with Crippen molar-refractivity contribution in [2.24, 2.45) is 5.92 Å². The highest BCUT2D eigenvalue weighted by Crippen LogP contribution is 2.32. The Kier molecular flexibility index (Phi) is 6.21. The summed E-state index contributed by atoms with van der Waals surface area (Å²) < 4.78 is 7.10. The van der Waals surface area contributed by atoms with Crippen LogP contribution in [0.15, 0.2) is 24.3 Å². The molecular formula is C19H30N6O. The minimum atomic E-state index is 0.0746. The first kappa shape index (κ1) is 18.8. The minimum absolute atomic E-state index is 0.0746. The maximum absolute atomic E-state index is 5.22. The summed E-state index contributed by atoms with van der Waals surface area (Å²) in [6.45, 7) is 5.73. The van der Waals surface area contributed by atoms with Crippen LogP contribution in [0.3, 0.4) is 0 Å². The zero-order valence-corrected chi connectivity index (χ0v) is 16.3. The van der Waals surface area contributed by atoms with Crippen molar-refractivity contribution >= 4 is 5.69 Å². The number of anilines is 1. The molecule has 7 nitrogen and oxygen atoms in total. The first-order valence-corrected chi connectivity index (χ1v) is 9.36. The lowest BCUT2D eigenvalue weighted by Crippen LogP contribution is -2.38. The number of hydrogen-bond acceptors (Lipinski definition) is 6. The number of hydrogen-bond donors (Lipinski definition) is 0. The van der Waals surface area contributed by atoms with E-state index >= 15 is 0 Å². The summed E-state index contributed by atoms with van der Waals surface area (Å²) >= 11 is 0. The van der Waals surface area contributed by atoms with Gasteiger partial charge in [0, 0.05) is 26.9 Å². The van der Waals surface area contributed by atoms with Gasteiger partial charge in [0.15, 0.2) is 5.82 Å². The second-order valence-corrected chi connectivity index (χ2v) is 7.36. The zero-order valence-electron chi connectivity index (χ0n) is 16.3. The van der Waals surface area contributed by atoms with Crippen molar-refractivity contribution in [2.45, 2.75) is 32.4 Å². The molecule has 7 heteroatoms. The molecule has 1 aromatic heterocycles. The van der Waals surface area contributed by atoms with E-state index in [4.69, 9.17) is 4.74 Å². The van der Waals surface area contributed by atoms with Crippen molar-refractivity contribution in [1.29, 1.82) is 0 Å². The number of piperidine rings is 1. The normalized spacial score (nSPS) is 17.4. The highest BCUT2D eigenvalue weighted by atomic mass is 16.5. The third-order valence-corrected chi connectivity index (χ3v) is 5.22. The molecule has 142 valence electrons. The molecule has 1 fully saturated rings. The Morgan fingerprint density at radius 3 is 2.50 bits per heavy atom. The average Bonchev–Trinajstić information content (AvgIpc) is 3.10. The van der Waals surface area contributed by atoms with Crippen LogP contribution in [-0.4, -0.2) is 66.0 Å². The molecule has 0 N–H and O–H groups in total. The largest absolute Gasteiger partial charge is 0.383 e. The quantitative estimate of drug-likeness (QED) is 0.756. The molecule has 0 aliphatic carbocycles. The van der Waals surface area contributed by atoms with Gasteiger partial charge in [0.05, 0.1) is 19.2 Å². The molecule has 2 aromatic rings. The lowest BCUT2D eigenvalue weighted by Gasteiger charge is -2.36. The molecule has 0 saturated carbocycles. The molecule has 1 aliphatic rings. The number of aromatic nitrogens is 4. The lowest BCUT2D eigenvalue weighted by atomic mass is 9.95. The van der Waals surface area contributed by atoms with Gasteiger partial charge in [0.25, 0.3) is 0 Å². The van der Waals surface area contributed by atoms with Crippen LogP contribution in [0.4, 0.5) is 5.69 Å². The first-order valence-electron chi connectivity index (χ1n) is 9.36. The molecule has 26 heavy (non-hydrogen) atoms. The summed E-state index contributed by atoms with van der Waals surface area (Å²) in [5.74, 6) is 1.68. The Hall–Kier alpha value is -1.99. The van der Waals surface area contributed by atoms with Crippen molar-refractivity contribution in [2.75, 3.05) is 45.8 Å². The van der Waals surface area contributed by atoms with Gasteiger partial charge in [-0.05, 0) is 60.0 Å². The van der Waals surface area contributed by atoms with Crippen molar-refractivity contribution in [3.63, 3.8) is 0 Å². The summed E-state index contributed by atoms with van der Waals surface area (Å²) in [5, 5.41) is 12.5. The Morgan fingerprint density at radius 2 is 1.88 bits per heavy atom. The SMILES string of the molecule is COCCn1nnnc1[C@@H](c1ccc(N(C)C)cc1)N1CCC(C)CC1. The van der Waals surface area contributed by atoms with Gasteiger partial charge in [0.1, 0.15) is 0 Å². The molecule has 2 heterocycles. The van der Waals surface area contributed by atoms with E-state index in [0.29, 0.717) is 13.2 Å². The Bertz CT molecular complexity index is 676. The Labute approximate surface area is 155 Å². The Balaban J connectivity index is 1.93. The fourth-order valence-corrected chi connectivity index (χ4v) is 3.51. The third kappa shape index (κ3) is 4.22. The van der Waals surface area contributed by atoms with E-state index in [-0.39, 0.29) is 6.04 Å². The maximum Gasteiger partial charge on any atom is 0.173 e. The second kappa shape index (κ2) is 8.60. The van der Waals surface area contributed by atoms with Crippen LogP contribution in [0.25, 0.3) is 0 Å². The Morgan fingerprint density at radius 1 is 1.19 bits per heavy atom. The molecule has 0 bridgehead atoms. The summed E-state index contributed by atoms with van der Waals surface area (Å²) in [7, 11) is 5.82. The van der Waals surface area contributed by atoms with Crippen LogP contribution in [-0.2, 0) is 11.3 Å². The molecule has 0 radical (unpaired) electrons. The van der Waals surface area contributed by atoms with Gasteiger partial charge in [-0.3, -0.25) is 4.90 Å². The van der Waals surface area contributed by atoms with Gasteiger partial charge >= 0.3 is 0 Å². The molecular weight excluding hydrogens is 328 g/mol. The smallest absolute Gasteiger partial charge is 0.173 e. The first-order chi connectivity index (χ1) is 12.6. The molecule has 1 atom stereocenters. The molecule has 1 aliphatic heterocycles. The van der Waals surface area contributed by atoms with Crippen LogP contribution in [0.2, 0.25) is 0 Å². The van der Waals surface area contributed by atoms with Gasteiger partial charge in [0.2, 0.25) is 0 Å². The topological polar surface area (TPSA) is 59.3 Å². The summed E-state index contributed by atoms with van der Waals surface area (Å²) in [4.78, 5) is 4.63. The van der Waals surface area contributed by atoms with E-state index in [0.717, 1.165) is 24.8 Å². The molecule has 0 amide bonds. The lowest BCUT2D eigenvalue weighted by molar-refractivity contribution is 0.144. The molecule has 0 spiro atoms. The van der Waals surface area contributed by atoms with E-state index in [1.165, 1.54) is 24.1 Å². The third-order valence-electron chi connectivity index (χ3n) is 5.22.